The zero-order valence-corrected chi connectivity index (χ0v) is 41.9. The largest absolute Gasteiger partial charge is 0.462 e. The number of ether oxygens (including phenoxy) is 4. The fourth-order valence-corrected chi connectivity index (χ4v) is 7.98. The van der Waals surface area contributed by atoms with E-state index in [1.54, 1.807) is 0 Å². The van der Waals surface area contributed by atoms with Crippen molar-refractivity contribution in [3.8, 4) is 0 Å². The summed E-state index contributed by atoms with van der Waals surface area (Å²) in [7, 11) is 0. The fourth-order valence-electron chi connectivity index (χ4n) is 7.98. The number of hydrogen-bond acceptors (Lipinski definition) is 10. The maximum atomic E-state index is 12.8. The lowest BCUT2D eigenvalue weighted by molar-refractivity contribution is -0.305. The molecule has 382 valence electrons. The van der Waals surface area contributed by atoms with Crippen LogP contribution in [0.15, 0.2) is 60.8 Å². The molecule has 6 unspecified atom stereocenters. The summed E-state index contributed by atoms with van der Waals surface area (Å²) >= 11 is 0. The first kappa shape index (κ1) is 61.4. The molecule has 0 saturated carbocycles. The van der Waals surface area contributed by atoms with Crippen molar-refractivity contribution < 1.29 is 49.0 Å². The molecule has 1 rings (SSSR count). The average Bonchev–Trinajstić information content (AvgIpc) is 3.32. The highest BCUT2D eigenvalue weighted by atomic mass is 16.7. The topological polar surface area (TPSA) is 152 Å². The third-order valence-corrected chi connectivity index (χ3v) is 12.2. The van der Waals surface area contributed by atoms with Crippen molar-refractivity contribution in [2.24, 2.45) is 0 Å². The Hall–Kier alpha value is -2.60. The minimum absolute atomic E-state index is 0.190. The first-order chi connectivity index (χ1) is 32.3. The van der Waals surface area contributed by atoms with Crippen molar-refractivity contribution in [1.29, 1.82) is 0 Å². The van der Waals surface area contributed by atoms with Crippen molar-refractivity contribution in [2.75, 3.05) is 19.8 Å². The van der Waals surface area contributed by atoms with Gasteiger partial charge in [0.2, 0.25) is 0 Å². The van der Waals surface area contributed by atoms with E-state index in [-0.39, 0.29) is 32.0 Å². The quantitative estimate of drug-likeness (QED) is 0.0264. The monoisotopic (exact) mass is 931 g/mol. The molecule has 0 spiro atoms. The van der Waals surface area contributed by atoms with Crippen molar-refractivity contribution in [3.05, 3.63) is 60.8 Å². The van der Waals surface area contributed by atoms with Crippen LogP contribution in [-0.4, -0.2) is 89.0 Å². The standard InChI is InChI=1S/C56H98O10/c1-3-5-7-9-11-13-15-17-19-21-23-24-25-27-28-30-32-34-36-38-40-42-44-51(58)63-47-49(48-64-56-55(62)54(61)53(60)50(46-57)66-56)65-52(59)45-43-41-39-37-35-33-31-29-26-22-20-18-16-14-12-10-8-6-4-2/h6,8,12,14,18,20,26,29,33,35,49-50,53-57,60-62H,3-5,7,9-11,13,15-17,19,21-25,27-28,30-32,34,36-48H2,1-2H3/b8-6-,14-12-,20-18-,29-26-,35-33-. The molecule has 1 saturated heterocycles. The van der Waals surface area contributed by atoms with E-state index in [9.17, 15) is 30.0 Å². The molecule has 1 heterocycles. The van der Waals surface area contributed by atoms with Crippen LogP contribution in [0.5, 0.6) is 0 Å². The zero-order valence-electron chi connectivity index (χ0n) is 41.9. The lowest BCUT2D eigenvalue weighted by Crippen LogP contribution is -2.59. The third kappa shape index (κ3) is 36.4. The first-order valence-corrected chi connectivity index (χ1v) is 26.9. The summed E-state index contributed by atoms with van der Waals surface area (Å²) in [5.74, 6) is -0.838. The van der Waals surface area contributed by atoms with Gasteiger partial charge in [0.25, 0.3) is 0 Å². The Morgan fingerprint density at radius 3 is 1.35 bits per heavy atom. The van der Waals surface area contributed by atoms with E-state index in [1.165, 1.54) is 122 Å². The number of allylic oxidation sites excluding steroid dienone is 10. The van der Waals surface area contributed by atoms with Crippen LogP contribution in [0.2, 0.25) is 0 Å². The summed E-state index contributed by atoms with van der Waals surface area (Å²) in [4.78, 5) is 25.5. The Labute approximate surface area is 402 Å². The van der Waals surface area contributed by atoms with E-state index in [1.807, 2.05) is 0 Å². The van der Waals surface area contributed by atoms with Crippen LogP contribution < -0.4 is 0 Å². The van der Waals surface area contributed by atoms with Gasteiger partial charge in [-0.1, -0.05) is 216 Å². The molecular weight excluding hydrogens is 833 g/mol. The maximum absolute atomic E-state index is 12.8. The average molecular weight is 931 g/mol. The van der Waals surface area contributed by atoms with E-state index >= 15 is 0 Å². The molecule has 1 aliphatic heterocycles. The second-order valence-electron chi connectivity index (χ2n) is 18.3. The molecule has 1 fully saturated rings. The van der Waals surface area contributed by atoms with Gasteiger partial charge in [-0.15, -0.1) is 0 Å². The molecule has 0 aromatic heterocycles. The predicted octanol–water partition coefficient (Wildman–Crippen LogP) is 13.0. The predicted molar refractivity (Wildman–Crippen MR) is 270 cm³/mol. The molecular formula is C56H98O10. The minimum atomic E-state index is -1.60. The Morgan fingerprint density at radius 1 is 0.485 bits per heavy atom. The summed E-state index contributed by atoms with van der Waals surface area (Å²) in [5, 5.41) is 40.2. The number of aliphatic hydroxyl groups excluding tert-OH is 4. The fraction of sp³-hybridized carbons (Fsp3) is 0.786. The molecule has 6 atom stereocenters. The zero-order chi connectivity index (χ0) is 48.0. The lowest BCUT2D eigenvalue weighted by Gasteiger charge is -2.39. The van der Waals surface area contributed by atoms with Crippen molar-refractivity contribution in [1.82, 2.24) is 0 Å². The van der Waals surface area contributed by atoms with Crippen LogP contribution in [0.25, 0.3) is 0 Å². The molecule has 4 N–H and O–H groups in total. The van der Waals surface area contributed by atoms with Crippen molar-refractivity contribution >= 4 is 11.9 Å². The maximum Gasteiger partial charge on any atom is 0.306 e. The summed E-state index contributed by atoms with van der Waals surface area (Å²) in [6.07, 6.45) is 50.9. The minimum Gasteiger partial charge on any atom is -0.462 e. The van der Waals surface area contributed by atoms with Gasteiger partial charge in [0.05, 0.1) is 13.2 Å². The molecule has 1 aliphatic rings. The van der Waals surface area contributed by atoms with Crippen LogP contribution in [0.3, 0.4) is 0 Å². The summed E-state index contributed by atoms with van der Waals surface area (Å²) < 4.78 is 22.2. The Bertz CT molecular complexity index is 1260. The van der Waals surface area contributed by atoms with Gasteiger partial charge in [-0.25, -0.2) is 0 Å². The van der Waals surface area contributed by atoms with Crippen LogP contribution in [0.1, 0.15) is 226 Å². The summed E-state index contributed by atoms with van der Waals surface area (Å²) in [6.45, 7) is 3.31. The molecule has 66 heavy (non-hydrogen) atoms. The highest BCUT2D eigenvalue weighted by molar-refractivity contribution is 5.70. The smallest absolute Gasteiger partial charge is 0.306 e. The van der Waals surface area contributed by atoms with E-state index in [0.29, 0.717) is 6.42 Å². The van der Waals surface area contributed by atoms with Gasteiger partial charge in [-0.2, -0.15) is 0 Å². The van der Waals surface area contributed by atoms with Crippen LogP contribution in [0.4, 0.5) is 0 Å². The molecule has 10 nitrogen and oxygen atoms in total. The number of hydrogen-bond donors (Lipinski definition) is 4. The molecule has 0 aromatic rings. The van der Waals surface area contributed by atoms with Gasteiger partial charge in [0, 0.05) is 12.8 Å². The van der Waals surface area contributed by atoms with Gasteiger partial charge in [0.15, 0.2) is 12.4 Å². The van der Waals surface area contributed by atoms with E-state index in [4.69, 9.17) is 18.9 Å². The molecule has 0 aromatic carbocycles. The Kier molecular flexibility index (Phi) is 42.9. The number of aliphatic hydroxyl groups is 4. The van der Waals surface area contributed by atoms with Crippen LogP contribution in [-0.2, 0) is 28.5 Å². The van der Waals surface area contributed by atoms with Crippen molar-refractivity contribution in [2.45, 2.75) is 263 Å². The second kappa shape index (κ2) is 46.1. The molecule has 0 radical (unpaired) electrons. The number of carbonyl (C=O) groups is 2. The molecule has 10 heteroatoms. The molecule has 0 amide bonds. The first-order valence-electron chi connectivity index (χ1n) is 26.9. The number of carbonyl (C=O) groups excluding carboxylic acids is 2. The van der Waals surface area contributed by atoms with Crippen LogP contribution >= 0.6 is 0 Å². The summed E-state index contributed by atoms with van der Waals surface area (Å²) in [5.41, 5.74) is 0. The summed E-state index contributed by atoms with van der Waals surface area (Å²) in [6, 6.07) is 0. The number of esters is 2. The lowest BCUT2D eigenvalue weighted by atomic mass is 9.99. The normalized spacial score (nSPS) is 19.6. The third-order valence-electron chi connectivity index (χ3n) is 12.2. The van der Waals surface area contributed by atoms with Gasteiger partial charge < -0.3 is 39.4 Å². The van der Waals surface area contributed by atoms with Crippen molar-refractivity contribution in [3.63, 3.8) is 0 Å². The van der Waals surface area contributed by atoms with E-state index in [2.05, 4.69) is 74.6 Å². The Morgan fingerprint density at radius 2 is 0.894 bits per heavy atom. The molecule has 0 aliphatic carbocycles. The van der Waals surface area contributed by atoms with Gasteiger partial charge >= 0.3 is 11.9 Å². The van der Waals surface area contributed by atoms with Gasteiger partial charge in [-0.3, -0.25) is 9.59 Å². The molecule has 0 bridgehead atoms. The van der Waals surface area contributed by atoms with Gasteiger partial charge in [0.1, 0.15) is 31.0 Å². The highest BCUT2D eigenvalue weighted by Crippen LogP contribution is 2.23. The number of unbranched alkanes of at least 4 members (excludes halogenated alkanes) is 24. The van der Waals surface area contributed by atoms with Crippen LogP contribution in [0, 0.1) is 0 Å². The second-order valence-corrected chi connectivity index (χ2v) is 18.3. The number of rotatable bonds is 45. The van der Waals surface area contributed by atoms with E-state index < -0.39 is 49.4 Å². The van der Waals surface area contributed by atoms with Gasteiger partial charge in [-0.05, 0) is 57.8 Å². The van der Waals surface area contributed by atoms with E-state index in [0.717, 1.165) is 70.6 Å². The SMILES string of the molecule is CC/C=C\C/C=C\C/C=C\C/C=C\C/C=C\CCCCCC(=O)OC(COC(=O)CCCCCCCCCCCCCCCCCCCCCCCC)COC1OC(CO)C(O)C(O)C1O. The Balaban J connectivity index is 2.25. The highest BCUT2D eigenvalue weighted by Gasteiger charge is 2.44.